The van der Waals surface area contributed by atoms with E-state index in [2.05, 4.69) is 15.2 Å². The molecule has 2 unspecified atom stereocenters. The molecule has 6 N–H and O–H groups in total. The predicted molar refractivity (Wildman–Crippen MR) is 84.6 cm³/mol. The van der Waals surface area contributed by atoms with Gasteiger partial charge >= 0.3 is 0 Å². The van der Waals surface area contributed by atoms with Crippen molar-refractivity contribution >= 4 is 28.2 Å². The Morgan fingerprint density at radius 1 is 1.67 bits per heavy atom. The monoisotopic (exact) mass is 313 g/mol. The van der Waals surface area contributed by atoms with Crippen molar-refractivity contribution in [2.45, 2.75) is 38.3 Å². The summed E-state index contributed by atoms with van der Waals surface area (Å²) in [6.45, 7) is 3.61. The normalized spacial score (nSPS) is 19.8. The summed E-state index contributed by atoms with van der Waals surface area (Å²) in [7, 11) is 0. The Morgan fingerprint density at radius 3 is 3.00 bits per heavy atom. The summed E-state index contributed by atoms with van der Waals surface area (Å²) in [6.07, 6.45) is 2.23. The first-order valence-electron chi connectivity index (χ1n) is 7.23. The first kappa shape index (κ1) is 16.0. The molecule has 2 heterocycles. The Morgan fingerprint density at radius 2 is 2.43 bits per heavy atom. The minimum Gasteiger partial charge on any atom is -0.396 e. The van der Waals surface area contributed by atoms with Gasteiger partial charge in [-0.1, -0.05) is 18.3 Å². The van der Waals surface area contributed by atoms with Gasteiger partial charge in [0, 0.05) is 31.8 Å². The Hall–Kier alpha value is -1.38. The van der Waals surface area contributed by atoms with Crippen LogP contribution in [0.4, 0.5) is 10.9 Å². The highest BCUT2D eigenvalue weighted by molar-refractivity contribution is 7.18. The van der Waals surface area contributed by atoms with Gasteiger partial charge < -0.3 is 26.8 Å². The van der Waals surface area contributed by atoms with Crippen molar-refractivity contribution < 1.29 is 9.90 Å². The molecule has 0 aromatic carbocycles. The molecule has 2 rings (SSSR count). The highest BCUT2D eigenvalue weighted by Gasteiger charge is 2.25. The number of carbonyl (C=O) groups is 1. The van der Waals surface area contributed by atoms with Crippen LogP contribution in [-0.2, 0) is 0 Å². The molecule has 0 radical (unpaired) electrons. The molecule has 0 spiro atoms. The molecular weight excluding hydrogens is 290 g/mol. The second-order valence-corrected chi connectivity index (χ2v) is 6.27. The summed E-state index contributed by atoms with van der Waals surface area (Å²) in [5, 5.41) is 12.6. The summed E-state index contributed by atoms with van der Waals surface area (Å²) in [5.41, 5.74) is 11.8. The fraction of sp³-hybridized carbons (Fsp3) is 0.692. The van der Waals surface area contributed by atoms with Crippen LogP contribution in [0.25, 0.3) is 0 Å². The lowest BCUT2D eigenvalue weighted by Crippen LogP contribution is -2.34. The summed E-state index contributed by atoms with van der Waals surface area (Å²) in [4.78, 5) is 19.0. The number of aliphatic hydroxyl groups is 1. The van der Waals surface area contributed by atoms with E-state index in [0.717, 1.165) is 31.1 Å². The van der Waals surface area contributed by atoms with Crippen LogP contribution in [0.5, 0.6) is 0 Å². The number of nitrogens with one attached hydrogen (secondary N) is 1. The molecule has 2 atom stereocenters. The SMILES string of the molecule is CCC(CCO)NC(=O)c1sc(N2CCC(N)C2)nc1N. The number of nitrogen functional groups attached to an aromatic ring is 1. The van der Waals surface area contributed by atoms with Crippen molar-refractivity contribution in [3.05, 3.63) is 4.88 Å². The molecule has 7 nitrogen and oxygen atoms in total. The van der Waals surface area contributed by atoms with E-state index in [4.69, 9.17) is 16.6 Å². The summed E-state index contributed by atoms with van der Waals surface area (Å²) < 4.78 is 0. The number of aliphatic hydroxyl groups excluding tert-OH is 1. The first-order valence-corrected chi connectivity index (χ1v) is 8.05. The van der Waals surface area contributed by atoms with Gasteiger partial charge in [0.25, 0.3) is 5.91 Å². The Bertz CT molecular complexity index is 493. The van der Waals surface area contributed by atoms with Gasteiger partial charge in [0.05, 0.1) is 0 Å². The smallest absolute Gasteiger partial charge is 0.265 e. The molecule has 1 fully saturated rings. The van der Waals surface area contributed by atoms with Gasteiger partial charge in [0.1, 0.15) is 10.7 Å². The van der Waals surface area contributed by atoms with E-state index in [1.807, 2.05) is 6.92 Å². The number of nitrogens with zero attached hydrogens (tertiary/aromatic N) is 2. The van der Waals surface area contributed by atoms with Gasteiger partial charge in [0.15, 0.2) is 5.13 Å². The molecule has 1 aromatic heterocycles. The van der Waals surface area contributed by atoms with Gasteiger partial charge in [-0.05, 0) is 19.3 Å². The number of hydrogen-bond donors (Lipinski definition) is 4. The Kier molecular flexibility index (Phi) is 5.38. The minimum atomic E-state index is -0.222. The molecule has 21 heavy (non-hydrogen) atoms. The highest BCUT2D eigenvalue weighted by Crippen LogP contribution is 2.30. The molecule has 0 aliphatic carbocycles. The number of anilines is 2. The predicted octanol–water partition coefficient (Wildman–Crippen LogP) is 0.154. The molecule has 1 saturated heterocycles. The number of nitrogens with two attached hydrogens (primary N) is 2. The zero-order chi connectivity index (χ0) is 15.4. The van der Waals surface area contributed by atoms with E-state index in [9.17, 15) is 4.79 Å². The number of hydrogen-bond acceptors (Lipinski definition) is 7. The minimum absolute atomic E-state index is 0.0485. The van der Waals surface area contributed by atoms with E-state index in [-0.39, 0.29) is 30.4 Å². The maximum absolute atomic E-state index is 12.3. The molecule has 1 amide bonds. The number of thiazole rings is 1. The van der Waals surface area contributed by atoms with Crippen LogP contribution in [0.3, 0.4) is 0 Å². The van der Waals surface area contributed by atoms with Crippen LogP contribution in [0.15, 0.2) is 0 Å². The topological polar surface area (TPSA) is 118 Å². The van der Waals surface area contributed by atoms with Crippen molar-refractivity contribution in [3.63, 3.8) is 0 Å². The van der Waals surface area contributed by atoms with Crippen molar-refractivity contribution in [1.82, 2.24) is 10.3 Å². The number of rotatable bonds is 6. The quantitative estimate of drug-likeness (QED) is 0.594. The summed E-state index contributed by atoms with van der Waals surface area (Å²) >= 11 is 1.30. The number of aromatic nitrogens is 1. The van der Waals surface area contributed by atoms with E-state index in [1.165, 1.54) is 11.3 Å². The largest absolute Gasteiger partial charge is 0.396 e. The fourth-order valence-electron chi connectivity index (χ4n) is 2.36. The van der Waals surface area contributed by atoms with E-state index < -0.39 is 0 Å². The zero-order valence-electron chi connectivity index (χ0n) is 12.2. The van der Waals surface area contributed by atoms with Gasteiger partial charge in [-0.2, -0.15) is 0 Å². The van der Waals surface area contributed by atoms with Crippen molar-refractivity contribution in [2.24, 2.45) is 5.73 Å². The van der Waals surface area contributed by atoms with Crippen LogP contribution < -0.4 is 21.7 Å². The third-order valence-electron chi connectivity index (χ3n) is 3.65. The summed E-state index contributed by atoms with van der Waals surface area (Å²) in [5.74, 6) is 0.0341. The molecule has 0 saturated carbocycles. The van der Waals surface area contributed by atoms with Crippen molar-refractivity contribution in [1.29, 1.82) is 0 Å². The number of amides is 1. The van der Waals surface area contributed by atoms with E-state index in [1.54, 1.807) is 0 Å². The standard InChI is InChI=1S/C13H23N5O2S/c1-2-9(4-6-19)16-12(20)10-11(15)17-13(21-10)18-5-3-8(14)7-18/h8-9,19H,2-7,14-15H2,1H3,(H,16,20). The van der Waals surface area contributed by atoms with Gasteiger partial charge in [0.2, 0.25) is 0 Å². The molecule has 1 aliphatic rings. The average Bonchev–Trinajstić information content (AvgIpc) is 3.04. The van der Waals surface area contributed by atoms with Crippen molar-refractivity contribution in [2.75, 3.05) is 30.3 Å². The molecule has 118 valence electrons. The second-order valence-electron chi connectivity index (χ2n) is 5.30. The van der Waals surface area contributed by atoms with Gasteiger partial charge in [-0.3, -0.25) is 4.79 Å². The molecular formula is C13H23N5O2S. The fourth-order valence-corrected chi connectivity index (χ4v) is 3.29. The zero-order valence-corrected chi connectivity index (χ0v) is 13.0. The molecule has 8 heteroatoms. The lowest BCUT2D eigenvalue weighted by molar-refractivity contribution is 0.0934. The lowest BCUT2D eigenvalue weighted by atomic mass is 10.1. The van der Waals surface area contributed by atoms with E-state index >= 15 is 0 Å². The summed E-state index contributed by atoms with van der Waals surface area (Å²) in [6, 6.07) is 0.106. The third-order valence-corrected chi connectivity index (χ3v) is 4.78. The van der Waals surface area contributed by atoms with Crippen molar-refractivity contribution in [3.8, 4) is 0 Å². The van der Waals surface area contributed by atoms with Crippen LogP contribution in [0, 0.1) is 0 Å². The average molecular weight is 313 g/mol. The van der Waals surface area contributed by atoms with Crippen LogP contribution in [0.1, 0.15) is 35.9 Å². The first-order chi connectivity index (χ1) is 10.0. The Labute approximate surface area is 128 Å². The molecule has 1 aliphatic heterocycles. The molecule has 1 aromatic rings. The number of carbonyl (C=O) groups excluding carboxylic acids is 1. The second kappa shape index (κ2) is 7.06. The van der Waals surface area contributed by atoms with Gasteiger partial charge in [-0.15, -0.1) is 0 Å². The lowest BCUT2D eigenvalue weighted by Gasteiger charge is -2.15. The van der Waals surface area contributed by atoms with E-state index in [0.29, 0.717) is 11.3 Å². The van der Waals surface area contributed by atoms with Crippen LogP contribution in [0.2, 0.25) is 0 Å². The van der Waals surface area contributed by atoms with Gasteiger partial charge in [-0.25, -0.2) is 4.98 Å². The Balaban J connectivity index is 2.06. The van der Waals surface area contributed by atoms with Crippen LogP contribution >= 0.6 is 11.3 Å². The maximum Gasteiger partial charge on any atom is 0.265 e. The highest BCUT2D eigenvalue weighted by atomic mass is 32.1. The third kappa shape index (κ3) is 3.84. The maximum atomic E-state index is 12.3. The molecule has 0 bridgehead atoms. The van der Waals surface area contributed by atoms with Crippen LogP contribution in [-0.4, -0.2) is 47.8 Å².